The summed E-state index contributed by atoms with van der Waals surface area (Å²) in [4.78, 5) is 19.1. The number of halogens is 3. The van der Waals surface area contributed by atoms with Crippen molar-refractivity contribution in [3.8, 4) is 0 Å². The fourth-order valence-corrected chi connectivity index (χ4v) is 4.14. The fraction of sp³-hybridized carbons (Fsp3) is 0.429. The largest absolute Gasteiger partial charge is 0.377 e. The van der Waals surface area contributed by atoms with Crippen molar-refractivity contribution in [2.24, 2.45) is 0 Å². The molecule has 3 rings (SSSR count). The van der Waals surface area contributed by atoms with Crippen LogP contribution >= 0.6 is 35.6 Å². The highest BCUT2D eigenvalue weighted by atomic mass is 35.5. The molecule has 1 aliphatic carbocycles. The van der Waals surface area contributed by atoms with Crippen molar-refractivity contribution in [1.29, 1.82) is 0 Å². The Bertz CT molecular complexity index is 832. The Morgan fingerprint density at radius 1 is 1.03 bits per heavy atom. The van der Waals surface area contributed by atoms with Crippen molar-refractivity contribution >= 4 is 53.0 Å². The van der Waals surface area contributed by atoms with Crippen LogP contribution in [0.3, 0.4) is 0 Å². The first-order chi connectivity index (χ1) is 13.3. The first-order valence-electron chi connectivity index (χ1n) is 9.49. The molecule has 8 heteroatoms. The SMILES string of the molecule is Cc1cnc(N[C@H]2CC[C@@H](NC(=O)c3cc(Cl)cc(Cl)c3)CC2)cc1N(C)C.Cl. The second-order valence-corrected chi connectivity index (χ2v) is 8.45. The van der Waals surface area contributed by atoms with E-state index in [9.17, 15) is 4.79 Å². The molecule has 1 aromatic carbocycles. The lowest BCUT2D eigenvalue weighted by atomic mass is 9.91. The van der Waals surface area contributed by atoms with Crippen LogP contribution in [0.1, 0.15) is 41.6 Å². The third-order valence-electron chi connectivity index (χ3n) is 5.10. The second kappa shape index (κ2) is 10.4. The van der Waals surface area contributed by atoms with Gasteiger partial charge < -0.3 is 15.5 Å². The van der Waals surface area contributed by atoms with Crippen LogP contribution in [0.2, 0.25) is 10.0 Å². The zero-order chi connectivity index (χ0) is 20.3. The molecule has 0 bridgehead atoms. The van der Waals surface area contributed by atoms with Crippen LogP contribution < -0.4 is 15.5 Å². The number of hydrogen-bond acceptors (Lipinski definition) is 4. The predicted molar refractivity (Wildman–Crippen MR) is 124 cm³/mol. The Morgan fingerprint density at radius 2 is 1.62 bits per heavy atom. The van der Waals surface area contributed by atoms with Crippen LogP contribution in [0, 0.1) is 6.92 Å². The molecule has 2 N–H and O–H groups in total. The Kier molecular flexibility index (Phi) is 8.44. The number of nitrogens with one attached hydrogen (secondary N) is 2. The number of anilines is 2. The van der Waals surface area contributed by atoms with Gasteiger partial charge in [0.25, 0.3) is 5.91 Å². The summed E-state index contributed by atoms with van der Waals surface area (Å²) in [6.45, 7) is 2.06. The van der Waals surface area contributed by atoms with Gasteiger partial charge in [-0.25, -0.2) is 4.98 Å². The van der Waals surface area contributed by atoms with Gasteiger partial charge in [-0.15, -0.1) is 12.4 Å². The van der Waals surface area contributed by atoms with Gasteiger partial charge in [-0.05, 0) is 56.4 Å². The molecule has 29 heavy (non-hydrogen) atoms. The van der Waals surface area contributed by atoms with Gasteiger partial charge in [0.15, 0.2) is 0 Å². The van der Waals surface area contributed by atoms with Crippen molar-refractivity contribution in [1.82, 2.24) is 10.3 Å². The summed E-state index contributed by atoms with van der Waals surface area (Å²) < 4.78 is 0. The quantitative estimate of drug-likeness (QED) is 0.636. The minimum absolute atomic E-state index is 0. The van der Waals surface area contributed by atoms with E-state index in [1.54, 1.807) is 18.2 Å². The Balaban J connectivity index is 0.00000300. The number of carbonyl (C=O) groups excluding carboxylic acids is 1. The highest BCUT2D eigenvalue weighted by molar-refractivity contribution is 6.35. The summed E-state index contributed by atoms with van der Waals surface area (Å²) in [6.07, 6.45) is 5.70. The van der Waals surface area contributed by atoms with E-state index in [-0.39, 0.29) is 24.4 Å². The maximum Gasteiger partial charge on any atom is 0.251 e. The molecule has 1 fully saturated rings. The average Bonchev–Trinajstić information content (AvgIpc) is 2.64. The van der Waals surface area contributed by atoms with Gasteiger partial charge in [0.2, 0.25) is 0 Å². The second-order valence-electron chi connectivity index (χ2n) is 7.57. The highest BCUT2D eigenvalue weighted by Crippen LogP contribution is 2.25. The van der Waals surface area contributed by atoms with Crippen molar-refractivity contribution in [3.05, 3.63) is 51.6 Å². The first-order valence-corrected chi connectivity index (χ1v) is 10.2. The molecular weight excluding hydrogens is 431 g/mol. The molecule has 5 nitrogen and oxygen atoms in total. The van der Waals surface area contributed by atoms with Crippen LogP contribution in [-0.4, -0.2) is 37.1 Å². The van der Waals surface area contributed by atoms with Crippen molar-refractivity contribution in [3.63, 3.8) is 0 Å². The van der Waals surface area contributed by atoms with Crippen LogP contribution in [0.5, 0.6) is 0 Å². The summed E-state index contributed by atoms with van der Waals surface area (Å²) >= 11 is 12.0. The molecule has 1 heterocycles. The Labute approximate surface area is 188 Å². The van der Waals surface area contributed by atoms with E-state index in [1.165, 1.54) is 5.69 Å². The number of nitrogens with zero attached hydrogens (tertiary/aromatic N) is 2. The smallest absolute Gasteiger partial charge is 0.251 e. The molecule has 0 aliphatic heterocycles. The molecule has 1 aliphatic rings. The number of aromatic nitrogens is 1. The third kappa shape index (κ3) is 6.39. The molecule has 158 valence electrons. The molecule has 1 amide bonds. The number of carbonyl (C=O) groups is 1. The standard InChI is InChI=1S/C21H26Cl2N4O.ClH/c1-13-12-24-20(11-19(13)27(2)3)25-17-4-6-18(7-5-17)26-21(28)14-8-15(22)10-16(23)9-14;/h8-12,17-18H,4-7H2,1-3H3,(H,24,25)(H,26,28);1H/t17-,18+;. The molecule has 0 spiro atoms. The topological polar surface area (TPSA) is 57.3 Å². The molecule has 1 aromatic heterocycles. The van der Waals surface area contributed by atoms with Gasteiger partial charge >= 0.3 is 0 Å². The highest BCUT2D eigenvalue weighted by Gasteiger charge is 2.23. The number of rotatable bonds is 5. The molecule has 0 radical (unpaired) electrons. The number of benzene rings is 1. The van der Waals surface area contributed by atoms with E-state index in [4.69, 9.17) is 23.2 Å². The summed E-state index contributed by atoms with van der Waals surface area (Å²) in [5.74, 6) is 0.770. The van der Waals surface area contributed by atoms with Gasteiger partial charge in [0, 0.05) is 59.7 Å². The molecule has 1 saturated carbocycles. The van der Waals surface area contributed by atoms with Gasteiger partial charge in [0.1, 0.15) is 5.82 Å². The van der Waals surface area contributed by atoms with Crippen LogP contribution in [0.4, 0.5) is 11.5 Å². The zero-order valence-electron chi connectivity index (χ0n) is 16.8. The number of hydrogen-bond donors (Lipinski definition) is 2. The molecular formula is C21H27Cl3N4O. The predicted octanol–water partition coefficient (Wildman–Crippen LogP) is 5.34. The monoisotopic (exact) mass is 456 g/mol. The minimum Gasteiger partial charge on any atom is -0.377 e. The van der Waals surface area contributed by atoms with Crippen molar-refractivity contribution in [2.45, 2.75) is 44.7 Å². The van der Waals surface area contributed by atoms with Crippen LogP contribution in [0.25, 0.3) is 0 Å². The lowest BCUT2D eigenvalue weighted by molar-refractivity contribution is 0.0926. The number of aryl methyl sites for hydroxylation is 1. The summed E-state index contributed by atoms with van der Waals surface area (Å²) in [5.41, 5.74) is 2.82. The van der Waals surface area contributed by atoms with E-state index in [0.29, 0.717) is 21.7 Å². The number of amides is 1. The van der Waals surface area contributed by atoms with Gasteiger partial charge in [-0.2, -0.15) is 0 Å². The van der Waals surface area contributed by atoms with Crippen LogP contribution in [0.15, 0.2) is 30.5 Å². The van der Waals surface area contributed by atoms with Gasteiger partial charge in [-0.3, -0.25) is 4.79 Å². The molecule has 0 atom stereocenters. The fourth-order valence-electron chi connectivity index (χ4n) is 3.62. The van der Waals surface area contributed by atoms with E-state index < -0.39 is 0 Å². The first kappa shape index (κ1) is 23.6. The Hall–Kier alpha value is -1.69. The summed E-state index contributed by atoms with van der Waals surface area (Å²) in [5, 5.41) is 7.57. The summed E-state index contributed by atoms with van der Waals surface area (Å²) in [7, 11) is 4.07. The lowest BCUT2D eigenvalue weighted by Gasteiger charge is -2.30. The van der Waals surface area contributed by atoms with E-state index >= 15 is 0 Å². The van der Waals surface area contributed by atoms with Gasteiger partial charge in [-0.1, -0.05) is 23.2 Å². The van der Waals surface area contributed by atoms with Crippen LogP contribution in [-0.2, 0) is 0 Å². The third-order valence-corrected chi connectivity index (χ3v) is 5.53. The maximum absolute atomic E-state index is 12.5. The Morgan fingerprint density at radius 3 is 2.21 bits per heavy atom. The minimum atomic E-state index is -0.128. The average molecular weight is 458 g/mol. The van der Waals surface area contributed by atoms with E-state index in [1.807, 2.05) is 20.3 Å². The summed E-state index contributed by atoms with van der Waals surface area (Å²) in [6, 6.07) is 7.51. The lowest BCUT2D eigenvalue weighted by Crippen LogP contribution is -2.40. The zero-order valence-corrected chi connectivity index (χ0v) is 19.2. The molecule has 0 saturated heterocycles. The van der Waals surface area contributed by atoms with E-state index in [0.717, 1.165) is 37.1 Å². The molecule has 2 aromatic rings. The van der Waals surface area contributed by atoms with Crippen molar-refractivity contribution < 1.29 is 4.79 Å². The maximum atomic E-state index is 12.5. The normalized spacial score (nSPS) is 18.5. The number of pyridine rings is 1. The van der Waals surface area contributed by atoms with E-state index in [2.05, 4.69) is 33.5 Å². The molecule has 0 unspecified atom stereocenters. The van der Waals surface area contributed by atoms with Crippen molar-refractivity contribution in [2.75, 3.05) is 24.3 Å². The van der Waals surface area contributed by atoms with Gasteiger partial charge in [0.05, 0.1) is 0 Å².